The first-order valence-electron chi connectivity index (χ1n) is 12.2. The van der Waals surface area contributed by atoms with Gasteiger partial charge in [-0.2, -0.15) is 0 Å². The van der Waals surface area contributed by atoms with Crippen LogP contribution in [0.1, 0.15) is 62.2 Å². The molecule has 1 aliphatic carbocycles. The SMILES string of the molecule is CCC(c1nnnn1Cc1ccco1)N(Cc1cc2cc3c(cc2[nH]c1=O)OCO3)C1CCCC1. The average Bonchev–Trinajstić information content (AvgIpc) is 3.66. The number of fused-ring (bicyclic) bond motifs is 2. The van der Waals surface area contributed by atoms with Gasteiger partial charge in [0.05, 0.1) is 17.8 Å². The molecular formula is C25H28N6O4. The van der Waals surface area contributed by atoms with Crippen molar-refractivity contribution in [3.63, 3.8) is 0 Å². The van der Waals surface area contributed by atoms with Gasteiger partial charge >= 0.3 is 0 Å². The van der Waals surface area contributed by atoms with E-state index in [0.717, 1.165) is 41.8 Å². The standard InChI is InChI=1S/C25H28N6O4/c1-2-21(24-27-28-29-31(24)14-19-8-5-9-33-19)30(18-6-3-4-7-18)13-17-10-16-11-22-23(35-15-34-22)12-20(16)26-25(17)32/h5,8-12,18,21H,2-4,6-7,13-15H2,1H3,(H,26,32). The van der Waals surface area contributed by atoms with E-state index in [1.165, 1.54) is 12.8 Å². The Kier molecular flexibility index (Phi) is 5.73. The van der Waals surface area contributed by atoms with Crippen molar-refractivity contribution >= 4 is 10.9 Å². The number of furan rings is 1. The predicted molar refractivity (Wildman–Crippen MR) is 127 cm³/mol. The van der Waals surface area contributed by atoms with Crippen molar-refractivity contribution in [3.8, 4) is 11.5 Å². The third-order valence-electron chi connectivity index (χ3n) is 7.09. The number of tetrazole rings is 1. The number of benzene rings is 1. The molecular weight excluding hydrogens is 448 g/mol. The Bertz CT molecular complexity index is 1370. The first-order chi connectivity index (χ1) is 17.2. The Morgan fingerprint density at radius 2 is 2.03 bits per heavy atom. The summed E-state index contributed by atoms with van der Waals surface area (Å²) in [5.41, 5.74) is 1.36. The lowest BCUT2D eigenvalue weighted by atomic mass is 10.0. The molecule has 0 bridgehead atoms. The van der Waals surface area contributed by atoms with Gasteiger partial charge in [-0.25, -0.2) is 4.68 Å². The summed E-state index contributed by atoms with van der Waals surface area (Å²) in [6.07, 6.45) is 7.04. The van der Waals surface area contributed by atoms with E-state index >= 15 is 0 Å². The van der Waals surface area contributed by atoms with Crippen molar-refractivity contribution in [2.75, 3.05) is 6.79 Å². The van der Waals surface area contributed by atoms with E-state index in [0.29, 0.717) is 36.2 Å². The van der Waals surface area contributed by atoms with Crippen LogP contribution in [-0.2, 0) is 13.1 Å². The molecule has 0 amide bonds. The fourth-order valence-corrected chi connectivity index (χ4v) is 5.36. The second kappa shape index (κ2) is 9.18. The average molecular weight is 477 g/mol. The molecule has 10 heteroatoms. The number of nitrogens with zero attached hydrogens (tertiary/aromatic N) is 5. The van der Waals surface area contributed by atoms with E-state index in [1.54, 1.807) is 10.9 Å². The maximum atomic E-state index is 13.1. The van der Waals surface area contributed by atoms with Gasteiger partial charge in [-0.05, 0) is 54.0 Å². The first kappa shape index (κ1) is 21.8. The summed E-state index contributed by atoms with van der Waals surface area (Å²) in [5, 5.41) is 13.6. The highest BCUT2D eigenvalue weighted by Crippen LogP contribution is 2.36. The van der Waals surface area contributed by atoms with E-state index < -0.39 is 0 Å². The number of nitrogens with one attached hydrogen (secondary N) is 1. The monoisotopic (exact) mass is 476 g/mol. The molecule has 1 N–H and O–H groups in total. The zero-order chi connectivity index (χ0) is 23.8. The van der Waals surface area contributed by atoms with E-state index in [4.69, 9.17) is 13.9 Å². The molecule has 4 heterocycles. The van der Waals surface area contributed by atoms with Crippen molar-refractivity contribution < 1.29 is 13.9 Å². The Labute approximate surface area is 201 Å². The Hall–Kier alpha value is -3.66. The summed E-state index contributed by atoms with van der Waals surface area (Å²) >= 11 is 0. The molecule has 1 aliphatic heterocycles. The number of aromatic amines is 1. The summed E-state index contributed by atoms with van der Waals surface area (Å²) in [6.45, 7) is 3.32. The fraction of sp³-hybridized carbons (Fsp3) is 0.440. The Morgan fingerprint density at radius 1 is 1.20 bits per heavy atom. The normalized spacial score (nSPS) is 16.5. The van der Waals surface area contributed by atoms with Gasteiger partial charge in [-0.1, -0.05) is 19.8 Å². The topological polar surface area (TPSA) is 111 Å². The van der Waals surface area contributed by atoms with Gasteiger partial charge in [0.25, 0.3) is 5.56 Å². The molecule has 6 rings (SSSR count). The summed E-state index contributed by atoms with van der Waals surface area (Å²) < 4.78 is 18.3. The smallest absolute Gasteiger partial charge is 0.252 e. The van der Waals surface area contributed by atoms with Gasteiger partial charge in [-0.15, -0.1) is 5.10 Å². The molecule has 0 saturated heterocycles. The molecule has 10 nitrogen and oxygen atoms in total. The van der Waals surface area contributed by atoms with Crippen LogP contribution < -0.4 is 15.0 Å². The minimum atomic E-state index is -0.0932. The summed E-state index contributed by atoms with van der Waals surface area (Å²) in [4.78, 5) is 18.6. The van der Waals surface area contributed by atoms with Crippen LogP contribution in [0.25, 0.3) is 10.9 Å². The van der Waals surface area contributed by atoms with Gasteiger partial charge in [0.1, 0.15) is 12.3 Å². The molecule has 3 aromatic heterocycles. The lowest BCUT2D eigenvalue weighted by molar-refractivity contribution is 0.112. The van der Waals surface area contributed by atoms with Crippen LogP contribution in [0.4, 0.5) is 0 Å². The molecule has 1 unspecified atom stereocenters. The lowest BCUT2D eigenvalue weighted by Crippen LogP contribution is -2.39. The van der Waals surface area contributed by atoms with Crippen molar-refractivity contribution in [3.05, 3.63) is 64.1 Å². The summed E-state index contributed by atoms with van der Waals surface area (Å²) in [6, 6.07) is 9.83. The largest absolute Gasteiger partial charge is 0.467 e. The molecule has 4 aromatic rings. The molecule has 182 valence electrons. The van der Waals surface area contributed by atoms with Crippen LogP contribution >= 0.6 is 0 Å². The Morgan fingerprint density at radius 3 is 2.80 bits per heavy atom. The first-order valence-corrected chi connectivity index (χ1v) is 12.2. The quantitative estimate of drug-likeness (QED) is 0.409. The minimum Gasteiger partial charge on any atom is -0.467 e. The number of hydrogen-bond donors (Lipinski definition) is 1. The highest BCUT2D eigenvalue weighted by atomic mass is 16.7. The molecule has 2 aliphatic rings. The Balaban J connectivity index is 1.35. The second-order valence-electron chi connectivity index (χ2n) is 9.23. The highest BCUT2D eigenvalue weighted by Gasteiger charge is 2.33. The zero-order valence-corrected chi connectivity index (χ0v) is 19.6. The van der Waals surface area contributed by atoms with Crippen molar-refractivity contribution in [2.24, 2.45) is 0 Å². The molecule has 0 spiro atoms. The third-order valence-corrected chi connectivity index (χ3v) is 7.09. The van der Waals surface area contributed by atoms with Crippen LogP contribution in [0.5, 0.6) is 11.5 Å². The minimum absolute atomic E-state index is 0.0325. The van der Waals surface area contributed by atoms with Crippen LogP contribution in [0.3, 0.4) is 0 Å². The molecule has 1 atom stereocenters. The van der Waals surface area contributed by atoms with E-state index in [1.807, 2.05) is 30.3 Å². The molecule has 0 radical (unpaired) electrons. The number of aromatic nitrogens is 5. The highest BCUT2D eigenvalue weighted by molar-refractivity contribution is 5.83. The maximum Gasteiger partial charge on any atom is 0.252 e. The summed E-state index contributed by atoms with van der Waals surface area (Å²) in [7, 11) is 0. The van der Waals surface area contributed by atoms with Gasteiger partial charge in [0, 0.05) is 29.6 Å². The van der Waals surface area contributed by atoms with Crippen molar-refractivity contribution in [1.82, 2.24) is 30.1 Å². The van der Waals surface area contributed by atoms with Gasteiger partial charge in [0.2, 0.25) is 6.79 Å². The lowest BCUT2D eigenvalue weighted by Gasteiger charge is -2.35. The van der Waals surface area contributed by atoms with Crippen LogP contribution in [-0.4, -0.2) is 42.9 Å². The van der Waals surface area contributed by atoms with E-state index in [9.17, 15) is 4.79 Å². The number of ether oxygens (including phenoxy) is 2. The fourth-order valence-electron chi connectivity index (χ4n) is 5.36. The molecule has 1 saturated carbocycles. The zero-order valence-electron chi connectivity index (χ0n) is 19.6. The second-order valence-corrected chi connectivity index (χ2v) is 9.23. The molecule has 1 aromatic carbocycles. The van der Waals surface area contributed by atoms with Crippen LogP contribution in [0.15, 0.2) is 45.8 Å². The number of pyridine rings is 1. The molecule has 35 heavy (non-hydrogen) atoms. The maximum absolute atomic E-state index is 13.1. The number of rotatable bonds is 8. The number of H-pyrrole nitrogens is 1. The molecule has 1 fully saturated rings. The van der Waals surface area contributed by atoms with Crippen LogP contribution in [0.2, 0.25) is 0 Å². The van der Waals surface area contributed by atoms with E-state index in [-0.39, 0.29) is 18.4 Å². The third kappa shape index (κ3) is 4.18. The van der Waals surface area contributed by atoms with Crippen molar-refractivity contribution in [1.29, 1.82) is 0 Å². The number of hydrogen-bond acceptors (Lipinski definition) is 8. The summed E-state index contributed by atoms with van der Waals surface area (Å²) in [5.74, 6) is 2.94. The van der Waals surface area contributed by atoms with Gasteiger partial charge in [-0.3, -0.25) is 9.69 Å². The predicted octanol–water partition coefficient (Wildman–Crippen LogP) is 3.78. The van der Waals surface area contributed by atoms with Crippen LogP contribution in [0, 0.1) is 0 Å². The van der Waals surface area contributed by atoms with E-state index in [2.05, 4.69) is 32.3 Å². The van der Waals surface area contributed by atoms with Gasteiger partial charge in [0.15, 0.2) is 17.3 Å². The van der Waals surface area contributed by atoms with Gasteiger partial charge < -0.3 is 18.9 Å². The van der Waals surface area contributed by atoms with Crippen molar-refractivity contribution in [2.45, 2.75) is 64.2 Å².